The van der Waals surface area contributed by atoms with E-state index in [1.807, 2.05) is 4.68 Å². The van der Waals surface area contributed by atoms with Crippen LogP contribution in [0.1, 0.15) is 24.2 Å². The van der Waals surface area contributed by atoms with E-state index in [4.69, 9.17) is 4.74 Å². The van der Waals surface area contributed by atoms with Gasteiger partial charge in [0.25, 0.3) is 0 Å². The number of aryl methyl sites for hydroxylation is 2. The molecule has 1 aromatic carbocycles. The topological polar surface area (TPSA) is 123 Å². The van der Waals surface area contributed by atoms with Gasteiger partial charge in [0.2, 0.25) is 5.91 Å². The number of carbonyl (C=O) groups excluding carboxylic acids is 1. The normalized spacial score (nSPS) is 13.1. The number of fused-ring (bicyclic) bond motifs is 1. The van der Waals surface area contributed by atoms with E-state index in [1.165, 1.54) is 5.69 Å². The van der Waals surface area contributed by atoms with E-state index in [9.17, 15) is 4.79 Å². The van der Waals surface area contributed by atoms with E-state index in [2.05, 4.69) is 42.4 Å². The molecule has 3 aromatic rings. The molecule has 0 spiro atoms. The number of nitrogens with one attached hydrogen (secondary N) is 3. The fourth-order valence-corrected chi connectivity index (χ4v) is 2.92. The Bertz CT molecular complexity index is 871. The molecule has 0 atom stereocenters. The van der Waals surface area contributed by atoms with Gasteiger partial charge in [-0.05, 0) is 48.5 Å². The van der Waals surface area contributed by atoms with Gasteiger partial charge < -0.3 is 15.4 Å². The third kappa shape index (κ3) is 5.05. The Balaban J connectivity index is 0.00000225. The summed E-state index contributed by atoms with van der Waals surface area (Å²) < 4.78 is 7.43. The number of ether oxygens (including phenoxy) is 1. The second-order valence-corrected chi connectivity index (χ2v) is 6.25. The van der Waals surface area contributed by atoms with Crippen molar-refractivity contribution >= 4 is 24.0 Å². The van der Waals surface area contributed by atoms with Crippen molar-refractivity contribution in [3.63, 3.8) is 0 Å². The van der Waals surface area contributed by atoms with E-state index < -0.39 is 0 Å². The number of hydrogen-bond donors (Lipinski definition) is 3. The van der Waals surface area contributed by atoms with Gasteiger partial charge in [-0.2, -0.15) is 10.3 Å². The van der Waals surface area contributed by atoms with Crippen molar-refractivity contribution < 1.29 is 9.53 Å². The first-order valence-electron chi connectivity index (χ1n) is 8.84. The third-order valence-electron chi connectivity index (χ3n) is 4.22. The molecule has 0 saturated heterocycles. The fourth-order valence-electron chi connectivity index (χ4n) is 2.92. The predicted molar refractivity (Wildman–Crippen MR) is 103 cm³/mol. The average Bonchev–Trinajstić information content (AvgIpc) is 3.27. The SMILES string of the molecule is Cl.O=C(CCc1cc2n(n1)CCCNC2)Nc1ccc(Oc2nn[nH]n2)cc1. The molecule has 0 fully saturated rings. The van der Waals surface area contributed by atoms with Gasteiger partial charge in [0.05, 0.1) is 11.4 Å². The van der Waals surface area contributed by atoms with Gasteiger partial charge >= 0.3 is 6.01 Å². The lowest BCUT2D eigenvalue weighted by Gasteiger charge is -2.06. The van der Waals surface area contributed by atoms with Crippen LogP contribution in [-0.2, 0) is 24.3 Å². The molecule has 1 aliphatic heterocycles. The van der Waals surface area contributed by atoms with Crippen LogP contribution in [0, 0.1) is 0 Å². The van der Waals surface area contributed by atoms with Crippen LogP contribution in [0.5, 0.6) is 11.8 Å². The quantitative estimate of drug-likeness (QED) is 0.571. The van der Waals surface area contributed by atoms with Crippen LogP contribution in [-0.4, -0.2) is 42.9 Å². The van der Waals surface area contributed by atoms with Crippen LogP contribution in [0.15, 0.2) is 30.3 Å². The minimum absolute atomic E-state index is 0. The zero-order valence-electron chi connectivity index (χ0n) is 15.1. The molecule has 10 nitrogen and oxygen atoms in total. The number of benzene rings is 1. The number of rotatable bonds is 6. The first-order valence-corrected chi connectivity index (χ1v) is 8.84. The molecule has 0 saturated carbocycles. The van der Waals surface area contributed by atoms with Crippen LogP contribution >= 0.6 is 12.4 Å². The van der Waals surface area contributed by atoms with Crippen molar-refractivity contribution in [1.29, 1.82) is 0 Å². The Kier molecular flexibility index (Phi) is 6.56. The first-order chi connectivity index (χ1) is 13.3. The number of aromatic nitrogens is 6. The molecule has 0 aliphatic carbocycles. The Morgan fingerprint density at radius 2 is 2.14 bits per heavy atom. The highest BCUT2D eigenvalue weighted by molar-refractivity contribution is 5.90. The van der Waals surface area contributed by atoms with Crippen LogP contribution in [0.2, 0.25) is 0 Å². The van der Waals surface area contributed by atoms with E-state index in [-0.39, 0.29) is 24.3 Å². The Hall–Kier alpha value is -2.98. The predicted octanol–water partition coefficient (Wildman–Crippen LogP) is 1.67. The first kappa shape index (κ1) is 19.8. The highest BCUT2D eigenvalue weighted by Gasteiger charge is 2.12. The molecule has 3 N–H and O–H groups in total. The Labute approximate surface area is 167 Å². The van der Waals surface area contributed by atoms with Crippen LogP contribution in [0.4, 0.5) is 5.69 Å². The van der Waals surface area contributed by atoms with Crippen molar-refractivity contribution in [3.05, 3.63) is 41.7 Å². The highest BCUT2D eigenvalue weighted by Crippen LogP contribution is 2.19. The molecule has 0 radical (unpaired) electrons. The minimum Gasteiger partial charge on any atom is -0.422 e. The van der Waals surface area contributed by atoms with E-state index in [0.29, 0.717) is 24.3 Å². The van der Waals surface area contributed by atoms with Crippen molar-refractivity contribution in [2.45, 2.75) is 32.4 Å². The molecule has 2 aromatic heterocycles. The number of hydrogen-bond acceptors (Lipinski definition) is 7. The van der Waals surface area contributed by atoms with E-state index in [0.717, 1.165) is 31.7 Å². The molecule has 3 heterocycles. The smallest absolute Gasteiger partial charge is 0.361 e. The molecular formula is C17H21ClN8O2. The molecule has 4 rings (SSSR count). The van der Waals surface area contributed by atoms with E-state index in [1.54, 1.807) is 24.3 Å². The number of amides is 1. The second kappa shape index (κ2) is 9.29. The molecule has 1 aliphatic rings. The maximum Gasteiger partial charge on any atom is 0.361 e. The van der Waals surface area contributed by atoms with Gasteiger partial charge in [-0.1, -0.05) is 10.2 Å². The lowest BCUT2D eigenvalue weighted by atomic mass is 10.2. The number of carbonyl (C=O) groups is 1. The van der Waals surface area contributed by atoms with Gasteiger partial charge in [0.15, 0.2) is 0 Å². The number of anilines is 1. The van der Waals surface area contributed by atoms with Crippen molar-refractivity contribution in [1.82, 2.24) is 35.7 Å². The van der Waals surface area contributed by atoms with Crippen LogP contribution in [0.3, 0.4) is 0 Å². The van der Waals surface area contributed by atoms with Crippen LogP contribution in [0.25, 0.3) is 0 Å². The number of H-pyrrole nitrogens is 1. The zero-order valence-corrected chi connectivity index (χ0v) is 15.9. The number of nitrogens with zero attached hydrogens (tertiary/aromatic N) is 5. The fraction of sp³-hybridized carbons (Fsp3) is 0.353. The van der Waals surface area contributed by atoms with E-state index >= 15 is 0 Å². The summed E-state index contributed by atoms with van der Waals surface area (Å²) in [5, 5.41) is 24.0. The van der Waals surface area contributed by atoms with Gasteiger partial charge in [-0.25, -0.2) is 0 Å². The molecule has 0 bridgehead atoms. The Morgan fingerprint density at radius 1 is 1.29 bits per heavy atom. The summed E-state index contributed by atoms with van der Waals surface area (Å²) in [6, 6.07) is 9.20. The molecule has 148 valence electrons. The zero-order chi connectivity index (χ0) is 18.5. The summed E-state index contributed by atoms with van der Waals surface area (Å²) in [5.41, 5.74) is 2.83. The second-order valence-electron chi connectivity index (χ2n) is 6.25. The molecule has 28 heavy (non-hydrogen) atoms. The van der Waals surface area contributed by atoms with Crippen LogP contribution < -0.4 is 15.4 Å². The third-order valence-corrected chi connectivity index (χ3v) is 4.22. The largest absolute Gasteiger partial charge is 0.422 e. The molecular weight excluding hydrogens is 384 g/mol. The van der Waals surface area contributed by atoms with Gasteiger partial charge in [0, 0.05) is 31.6 Å². The monoisotopic (exact) mass is 404 g/mol. The van der Waals surface area contributed by atoms with Gasteiger partial charge in [-0.15, -0.1) is 12.4 Å². The Morgan fingerprint density at radius 3 is 2.93 bits per heavy atom. The number of halogens is 1. The maximum absolute atomic E-state index is 12.2. The van der Waals surface area contributed by atoms with Crippen molar-refractivity contribution in [2.75, 3.05) is 11.9 Å². The highest BCUT2D eigenvalue weighted by atomic mass is 35.5. The number of aromatic amines is 1. The molecule has 11 heteroatoms. The molecule has 1 amide bonds. The lowest BCUT2D eigenvalue weighted by molar-refractivity contribution is -0.116. The minimum atomic E-state index is -0.0526. The summed E-state index contributed by atoms with van der Waals surface area (Å²) >= 11 is 0. The number of tetrazole rings is 1. The van der Waals surface area contributed by atoms with Gasteiger partial charge in [-0.3, -0.25) is 9.48 Å². The lowest BCUT2D eigenvalue weighted by Crippen LogP contribution is -2.13. The van der Waals surface area contributed by atoms with Gasteiger partial charge in [0.1, 0.15) is 5.75 Å². The summed E-state index contributed by atoms with van der Waals surface area (Å²) in [5.74, 6) is 0.505. The standard InChI is InChI=1S/C17H20N8O2.ClH/c26-16(7-4-13-10-14-11-18-8-1-9-25(14)22-13)19-12-2-5-15(6-3-12)27-17-20-23-24-21-17;/h2-3,5-6,10,18H,1,4,7-9,11H2,(H,19,26)(H,20,21,23,24);1H. The van der Waals surface area contributed by atoms with Crippen molar-refractivity contribution in [3.8, 4) is 11.8 Å². The summed E-state index contributed by atoms with van der Waals surface area (Å²) in [6.45, 7) is 2.77. The summed E-state index contributed by atoms with van der Waals surface area (Å²) in [7, 11) is 0. The molecule has 0 unspecified atom stereocenters. The summed E-state index contributed by atoms with van der Waals surface area (Å²) in [6.07, 6.45) is 2.07. The maximum atomic E-state index is 12.2. The summed E-state index contributed by atoms with van der Waals surface area (Å²) in [4.78, 5) is 12.2. The van der Waals surface area contributed by atoms with Crippen molar-refractivity contribution in [2.24, 2.45) is 0 Å². The average molecular weight is 405 g/mol.